The molecule has 36 heavy (non-hydrogen) atoms. The van der Waals surface area contributed by atoms with E-state index in [1.54, 1.807) is 5.48 Å². The first-order chi connectivity index (χ1) is 17.4. The zero-order chi connectivity index (χ0) is 25.9. The van der Waals surface area contributed by atoms with Crippen molar-refractivity contribution in [1.29, 1.82) is 0 Å². The van der Waals surface area contributed by atoms with Gasteiger partial charge in [-0.15, -0.1) is 0 Å². The van der Waals surface area contributed by atoms with E-state index in [0.717, 1.165) is 21.9 Å². The molecule has 3 amide bonds. The summed E-state index contributed by atoms with van der Waals surface area (Å²) in [6.07, 6.45) is 0.466. The van der Waals surface area contributed by atoms with E-state index in [9.17, 15) is 14.4 Å². The van der Waals surface area contributed by atoms with Crippen LogP contribution in [0.2, 0.25) is 0 Å². The van der Waals surface area contributed by atoms with Crippen LogP contribution >= 0.6 is 0 Å². The number of fused-ring (bicyclic) bond motifs is 1. The monoisotopic (exact) mass is 491 g/mol. The van der Waals surface area contributed by atoms with Gasteiger partial charge in [-0.05, 0) is 34.2 Å². The van der Waals surface area contributed by atoms with E-state index in [-0.39, 0.29) is 25.4 Å². The lowest BCUT2D eigenvalue weighted by Gasteiger charge is -2.23. The van der Waals surface area contributed by atoms with E-state index >= 15 is 0 Å². The van der Waals surface area contributed by atoms with Gasteiger partial charge in [0.1, 0.15) is 6.04 Å². The topological polar surface area (TPSA) is 117 Å². The number of benzene rings is 3. The Hall–Kier alpha value is -3.75. The minimum Gasteiger partial charge on any atom is -0.344 e. The number of carbonyl (C=O) groups excluding carboxylic acids is 3. The standard InChI is InChI=1S/C28H33N3O5/c1-19(2)15-23(17-26(32)30-35)27(33)29-25(28(34)31-36-18-20-9-4-3-5-10-20)16-22-13-8-12-21-11-6-7-14-24(21)22/h3-14,19,23,25,35H,15-18H2,1-2H3,(H,29,33)(H,30,32)(H,31,34)/t23-,25+/m1/s1. The van der Waals surface area contributed by atoms with Gasteiger partial charge in [-0.3, -0.25) is 24.4 Å². The second kappa shape index (κ2) is 13.4. The molecular weight excluding hydrogens is 458 g/mol. The molecule has 2 atom stereocenters. The highest BCUT2D eigenvalue weighted by molar-refractivity contribution is 5.91. The van der Waals surface area contributed by atoms with E-state index in [2.05, 4.69) is 10.8 Å². The third-order valence-corrected chi connectivity index (χ3v) is 5.87. The fourth-order valence-electron chi connectivity index (χ4n) is 4.15. The van der Waals surface area contributed by atoms with Crippen LogP contribution in [0.15, 0.2) is 72.8 Å². The second-order valence-electron chi connectivity index (χ2n) is 9.21. The number of carbonyl (C=O) groups is 3. The zero-order valence-corrected chi connectivity index (χ0v) is 20.6. The summed E-state index contributed by atoms with van der Waals surface area (Å²) in [5.74, 6) is -2.16. The number of rotatable bonds is 12. The van der Waals surface area contributed by atoms with Crippen molar-refractivity contribution in [2.75, 3.05) is 0 Å². The Morgan fingerprint density at radius 2 is 1.58 bits per heavy atom. The van der Waals surface area contributed by atoms with Gasteiger partial charge < -0.3 is 5.32 Å². The number of hydroxylamine groups is 2. The Morgan fingerprint density at radius 3 is 2.31 bits per heavy atom. The molecule has 190 valence electrons. The molecule has 0 spiro atoms. The summed E-state index contributed by atoms with van der Waals surface area (Å²) in [6.45, 7) is 4.05. The maximum absolute atomic E-state index is 13.2. The summed E-state index contributed by atoms with van der Waals surface area (Å²) in [5, 5.41) is 13.8. The number of nitrogens with one attached hydrogen (secondary N) is 3. The smallest absolute Gasteiger partial charge is 0.266 e. The van der Waals surface area contributed by atoms with Gasteiger partial charge in [-0.1, -0.05) is 86.6 Å². The Morgan fingerprint density at radius 1 is 0.889 bits per heavy atom. The number of amides is 3. The van der Waals surface area contributed by atoms with E-state index in [1.165, 1.54) is 0 Å². The van der Waals surface area contributed by atoms with Crippen molar-refractivity contribution in [2.45, 2.75) is 45.8 Å². The molecule has 0 radical (unpaired) electrons. The van der Waals surface area contributed by atoms with Crippen LogP contribution < -0.4 is 16.3 Å². The second-order valence-corrected chi connectivity index (χ2v) is 9.21. The summed E-state index contributed by atoms with van der Waals surface area (Å²) in [7, 11) is 0. The van der Waals surface area contributed by atoms with E-state index < -0.39 is 29.7 Å². The summed E-state index contributed by atoms with van der Waals surface area (Å²) in [4.78, 5) is 43.6. The van der Waals surface area contributed by atoms with Crippen LogP contribution in [0, 0.1) is 11.8 Å². The highest BCUT2D eigenvalue weighted by atomic mass is 16.6. The summed E-state index contributed by atoms with van der Waals surface area (Å²) < 4.78 is 0. The van der Waals surface area contributed by atoms with Gasteiger partial charge in [-0.2, -0.15) is 0 Å². The first kappa shape index (κ1) is 26.8. The van der Waals surface area contributed by atoms with Gasteiger partial charge >= 0.3 is 0 Å². The predicted octanol–water partition coefficient (Wildman–Crippen LogP) is 3.67. The molecule has 4 N–H and O–H groups in total. The molecule has 0 fully saturated rings. The van der Waals surface area contributed by atoms with Crippen LogP contribution in [0.5, 0.6) is 0 Å². The van der Waals surface area contributed by atoms with Crippen molar-refractivity contribution in [3.63, 3.8) is 0 Å². The van der Waals surface area contributed by atoms with Gasteiger partial charge in [0.05, 0.1) is 6.61 Å². The number of hydrogen-bond donors (Lipinski definition) is 4. The molecule has 0 bridgehead atoms. The molecule has 3 rings (SSSR count). The molecule has 0 aliphatic carbocycles. The van der Waals surface area contributed by atoms with Crippen LogP contribution in [-0.2, 0) is 32.2 Å². The van der Waals surface area contributed by atoms with Crippen molar-refractivity contribution in [3.05, 3.63) is 83.9 Å². The van der Waals surface area contributed by atoms with Gasteiger partial charge in [0.25, 0.3) is 5.91 Å². The molecular formula is C28H33N3O5. The fraction of sp³-hybridized carbons (Fsp3) is 0.321. The van der Waals surface area contributed by atoms with E-state index in [0.29, 0.717) is 6.42 Å². The van der Waals surface area contributed by atoms with Crippen molar-refractivity contribution in [3.8, 4) is 0 Å². The van der Waals surface area contributed by atoms with E-state index in [4.69, 9.17) is 10.0 Å². The summed E-state index contributed by atoms with van der Waals surface area (Å²) >= 11 is 0. The Bertz CT molecular complexity index is 1160. The normalized spacial score (nSPS) is 12.7. The quantitative estimate of drug-likeness (QED) is 0.228. The third kappa shape index (κ3) is 7.90. The average molecular weight is 492 g/mol. The Balaban J connectivity index is 1.79. The molecule has 0 aliphatic rings. The lowest BCUT2D eigenvalue weighted by Crippen LogP contribution is -2.50. The van der Waals surface area contributed by atoms with Crippen LogP contribution in [-0.4, -0.2) is 29.0 Å². The SMILES string of the molecule is CC(C)C[C@H](CC(=O)NO)C(=O)N[C@@H](Cc1cccc2ccccc12)C(=O)NOCc1ccccc1. The van der Waals surface area contributed by atoms with Gasteiger partial charge in [0.2, 0.25) is 11.8 Å². The molecule has 0 aliphatic heterocycles. The van der Waals surface area contributed by atoms with Crippen LogP contribution in [0.4, 0.5) is 0 Å². The number of hydrogen-bond acceptors (Lipinski definition) is 5. The molecule has 3 aromatic rings. The lowest BCUT2D eigenvalue weighted by atomic mass is 9.92. The first-order valence-corrected chi connectivity index (χ1v) is 12.0. The maximum atomic E-state index is 13.2. The summed E-state index contributed by atoms with van der Waals surface area (Å²) in [5.41, 5.74) is 5.83. The fourth-order valence-corrected chi connectivity index (χ4v) is 4.15. The molecule has 8 heteroatoms. The largest absolute Gasteiger partial charge is 0.344 e. The van der Waals surface area contributed by atoms with Crippen LogP contribution in [0.1, 0.15) is 37.8 Å². The third-order valence-electron chi connectivity index (χ3n) is 5.87. The van der Waals surface area contributed by atoms with Crippen molar-refractivity contribution in [1.82, 2.24) is 16.3 Å². The van der Waals surface area contributed by atoms with Crippen molar-refractivity contribution < 1.29 is 24.4 Å². The Labute approximate surface area is 210 Å². The molecule has 0 saturated carbocycles. The van der Waals surface area contributed by atoms with Gasteiger partial charge in [-0.25, -0.2) is 11.0 Å². The highest BCUT2D eigenvalue weighted by Gasteiger charge is 2.28. The lowest BCUT2D eigenvalue weighted by molar-refractivity contribution is -0.141. The van der Waals surface area contributed by atoms with Crippen LogP contribution in [0.25, 0.3) is 10.8 Å². The molecule has 3 aromatic carbocycles. The average Bonchev–Trinajstić information content (AvgIpc) is 2.88. The van der Waals surface area contributed by atoms with Crippen LogP contribution in [0.3, 0.4) is 0 Å². The molecule has 8 nitrogen and oxygen atoms in total. The van der Waals surface area contributed by atoms with Crippen molar-refractivity contribution in [2.24, 2.45) is 11.8 Å². The zero-order valence-electron chi connectivity index (χ0n) is 20.6. The van der Waals surface area contributed by atoms with Gasteiger partial charge in [0, 0.05) is 18.8 Å². The minimum atomic E-state index is -0.939. The molecule has 0 saturated heterocycles. The molecule has 0 aromatic heterocycles. The van der Waals surface area contributed by atoms with E-state index in [1.807, 2.05) is 86.6 Å². The van der Waals surface area contributed by atoms with Crippen molar-refractivity contribution >= 4 is 28.5 Å². The molecule has 0 unspecified atom stereocenters. The highest BCUT2D eigenvalue weighted by Crippen LogP contribution is 2.21. The Kier molecular flexibility index (Phi) is 9.97. The summed E-state index contributed by atoms with van der Waals surface area (Å²) in [6, 6.07) is 22.1. The van der Waals surface area contributed by atoms with Gasteiger partial charge in [0.15, 0.2) is 0 Å². The first-order valence-electron chi connectivity index (χ1n) is 12.0. The molecule has 0 heterocycles. The maximum Gasteiger partial charge on any atom is 0.266 e. The predicted molar refractivity (Wildman–Crippen MR) is 136 cm³/mol. The minimum absolute atomic E-state index is 0.131.